The van der Waals surface area contributed by atoms with Gasteiger partial charge in [0, 0.05) is 35.5 Å². The zero-order valence-corrected chi connectivity index (χ0v) is 11.7. The number of aromatic amines is 1. The van der Waals surface area contributed by atoms with E-state index in [2.05, 4.69) is 42.4 Å². The molecule has 1 fully saturated rings. The van der Waals surface area contributed by atoms with Gasteiger partial charge in [0.1, 0.15) is 0 Å². The van der Waals surface area contributed by atoms with E-state index >= 15 is 0 Å². The van der Waals surface area contributed by atoms with Gasteiger partial charge in [-0.15, -0.1) is 0 Å². The summed E-state index contributed by atoms with van der Waals surface area (Å²) in [7, 11) is 0. The Balaban J connectivity index is 1.68. The maximum atomic E-state index is 5.78. The Morgan fingerprint density at radius 1 is 1.20 bits per heavy atom. The van der Waals surface area contributed by atoms with Crippen LogP contribution in [0.4, 0.5) is 0 Å². The van der Waals surface area contributed by atoms with Crippen LogP contribution in [-0.2, 0) is 9.47 Å². The summed E-state index contributed by atoms with van der Waals surface area (Å²) in [5, 5.41) is 1.31. The molecule has 0 unspecified atom stereocenters. The molecule has 0 radical (unpaired) electrons. The summed E-state index contributed by atoms with van der Waals surface area (Å²) in [6.45, 7) is 3.59. The van der Waals surface area contributed by atoms with Crippen molar-refractivity contribution in [3.63, 3.8) is 0 Å². The van der Waals surface area contributed by atoms with Crippen LogP contribution in [0, 0.1) is 6.92 Å². The number of hydrogen-bond donors (Lipinski definition) is 1. The summed E-state index contributed by atoms with van der Waals surface area (Å²) in [5.74, 6) is -0.327. The van der Waals surface area contributed by atoms with Crippen molar-refractivity contribution in [2.75, 3.05) is 13.2 Å². The number of allylic oxidation sites excluding steroid dienone is 1. The highest BCUT2D eigenvalue weighted by Gasteiger charge is 2.37. The Morgan fingerprint density at radius 2 is 2.05 bits per heavy atom. The quantitative estimate of drug-likeness (QED) is 0.854. The normalized spacial score (nSPS) is 21.6. The van der Waals surface area contributed by atoms with Crippen molar-refractivity contribution in [3.05, 3.63) is 41.6 Å². The van der Waals surface area contributed by atoms with Crippen LogP contribution in [0.25, 0.3) is 16.5 Å². The first-order valence-electron chi connectivity index (χ1n) is 7.31. The van der Waals surface area contributed by atoms with E-state index in [0.717, 1.165) is 32.5 Å². The summed E-state index contributed by atoms with van der Waals surface area (Å²) in [5.41, 5.74) is 5.24. The molecule has 1 aromatic carbocycles. The van der Waals surface area contributed by atoms with Crippen molar-refractivity contribution in [3.8, 4) is 0 Å². The lowest BCUT2D eigenvalue weighted by Gasteiger charge is -2.30. The molecule has 1 saturated heterocycles. The van der Waals surface area contributed by atoms with Crippen LogP contribution in [0.1, 0.15) is 30.4 Å². The van der Waals surface area contributed by atoms with Crippen LogP contribution in [0.15, 0.2) is 30.5 Å². The van der Waals surface area contributed by atoms with Gasteiger partial charge in [-0.25, -0.2) is 0 Å². The zero-order chi connectivity index (χ0) is 13.6. The second-order valence-corrected chi connectivity index (χ2v) is 5.79. The highest BCUT2D eigenvalue weighted by atomic mass is 16.7. The van der Waals surface area contributed by atoms with Gasteiger partial charge in [0.2, 0.25) is 0 Å². The van der Waals surface area contributed by atoms with Crippen LogP contribution >= 0.6 is 0 Å². The fourth-order valence-electron chi connectivity index (χ4n) is 3.32. The molecule has 3 heteroatoms. The monoisotopic (exact) mass is 269 g/mol. The van der Waals surface area contributed by atoms with Gasteiger partial charge in [-0.05, 0) is 30.5 Å². The largest absolute Gasteiger partial charge is 0.361 e. The number of nitrogens with one attached hydrogen (secondary N) is 1. The fraction of sp³-hybridized carbons (Fsp3) is 0.412. The first-order chi connectivity index (χ1) is 9.76. The highest BCUT2D eigenvalue weighted by Crippen LogP contribution is 2.39. The SMILES string of the molecule is Cc1ccc2c(C3=CCC4(CC3)OCCO4)c[nH]c2c1. The van der Waals surface area contributed by atoms with E-state index in [-0.39, 0.29) is 5.79 Å². The first kappa shape index (κ1) is 12.2. The van der Waals surface area contributed by atoms with E-state index in [1.54, 1.807) is 0 Å². The second kappa shape index (κ2) is 4.47. The molecule has 2 aliphatic rings. The Morgan fingerprint density at radius 3 is 2.80 bits per heavy atom. The number of benzene rings is 1. The molecule has 4 rings (SSSR count). The summed E-state index contributed by atoms with van der Waals surface area (Å²) in [4.78, 5) is 3.38. The minimum absolute atomic E-state index is 0.327. The molecule has 1 spiro atoms. The van der Waals surface area contributed by atoms with Crippen molar-refractivity contribution in [2.24, 2.45) is 0 Å². The standard InChI is InChI=1S/C17H19NO2/c1-12-2-3-14-15(11-18-16(14)10-12)13-4-6-17(7-5-13)19-8-9-20-17/h2-4,10-11,18H,5-9H2,1H3. The van der Waals surface area contributed by atoms with Crippen molar-refractivity contribution >= 4 is 16.5 Å². The third-order valence-corrected chi connectivity index (χ3v) is 4.43. The smallest absolute Gasteiger partial charge is 0.172 e. The third kappa shape index (κ3) is 1.89. The fourth-order valence-corrected chi connectivity index (χ4v) is 3.32. The number of fused-ring (bicyclic) bond motifs is 1. The van der Waals surface area contributed by atoms with Gasteiger partial charge in [0.25, 0.3) is 0 Å². The molecule has 0 saturated carbocycles. The van der Waals surface area contributed by atoms with E-state index in [9.17, 15) is 0 Å². The van der Waals surface area contributed by atoms with Gasteiger partial charge in [-0.2, -0.15) is 0 Å². The lowest BCUT2D eigenvalue weighted by atomic mass is 9.89. The van der Waals surface area contributed by atoms with E-state index in [1.807, 2.05) is 0 Å². The molecule has 3 nitrogen and oxygen atoms in total. The average molecular weight is 269 g/mol. The van der Waals surface area contributed by atoms with E-state index < -0.39 is 0 Å². The number of H-pyrrole nitrogens is 1. The van der Waals surface area contributed by atoms with Crippen LogP contribution in [-0.4, -0.2) is 24.0 Å². The number of aryl methyl sites for hydroxylation is 1. The molecule has 2 heterocycles. The minimum atomic E-state index is -0.327. The van der Waals surface area contributed by atoms with Gasteiger partial charge >= 0.3 is 0 Å². The predicted molar refractivity (Wildman–Crippen MR) is 79.5 cm³/mol. The average Bonchev–Trinajstić information content (AvgIpc) is 3.07. The van der Waals surface area contributed by atoms with Gasteiger partial charge in [-0.1, -0.05) is 18.2 Å². The van der Waals surface area contributed by atoms with Crippen LogP contribution in [0.2, 0.25) is 0 Å². The third-order valence-electron chi connectivity index (χ3n) is 4.43. The Hall–Kier alpha value is -1.58. The van der Waals surface area contributed by atoms with Crippen LogP contribution < -0.4 is 0 Å². The molecule has 1 N–H and O–H groups in total. The summed E-state index contributed by atoms with van der Waals surface area (Å²) in [6.07, 6.45) is 7.25. The maximum absolute atomic E-state index is 5.78. The van der Waals surface area contributed by atoms with Gasteiger partial charge < -0.3 is 14.5 Å². The highest BCUT2D eigenvalue weighted by molar-refractivity contribution is 5.93. The van der Waals surface area contributed by atoms with E-state index in [0.29, 0.717) is 0 Å². The molecule has 0 amide bonds. The van der Waals surface area contributed by atoms with Gasteiger partial charge in [0.15, 0.2) is 5.79 Å². The first-order valence-corrected chi connectivity index (χ1v) is 7.31. The molecule has 104 valence electrons. The van der Waals surface area contributed by atoms with Crippen molar-refractivity contribution in [2.45, 2.75) is 32.0 Å². The molecule has 2 aromatic rings. The molecule has 1 aromatic heterocycles. The van der Waals surface area contributed by atoms with Crippen molar-refractivity contribution in [1.29, 1.82) is 0 Å². The Labute approximate surface area is 118 Å². The molecule has 1 aliphatic heterocycles. The summed E-state index contributed by atoms with van der Waals surface area (Å²) in [6, 6.07) is 6.59. The molecule has 0 atom stereocenters. The molecule has 0 bridgehead atoms. The van der Waals surface area contributed by atoms with Crippen LogP contribution in [0.5, 0.6) is 0 Å². The predicted octanol–water partition coefficient (Wildman–Crippen LogP) is 3.79. The number of aromatic nitrogens is 1. The molecular formula is C17H19NO2. The topological polar surface area (TPSA) is 34.2 Å². The molecule has 20 heavy (non-hydrogen) atoms. The zero-order valence-electron chi connectivity index (χ0n) is 11.7. The maximum Gasteiger partial charge on any atom is 0.172 e. The lowest BCUT2D eigenvalue weighted by molar-refractivity contribution is -0.159. The minimum Gasteiger partial charge on any atom is -0.361 e. The number of hydrogen-bond acceptors (Lipinski definition) is 2. The van der Waals surface area contributed by atoms with Crippen molar-refractivity contribution < 1.29 is 9.47 Å². The Kier molecular flexibility index (Phi) is 2.72. The van der Waals surface area contributed by atoms with Gasteiger partial charge in [0.05, 0.1) is 13.2 Å². The second-order valence-electron chi connectivity index (χ2n) is 5.79. The molecule has 1 aliphatic carbocycles. The lowest BCUT2D eigenvalue weighted by Crippen LogP contribution is -2.31. The number of rotatable bonds is 1. The molecular weight excluding hydrogens is 250 g/mol. The van der Waals surface area contributed by atoms with Crippen molar-refractivity contribution in [1.82, 2.24) is 4.98 Å². The number of ether oxygens (including phenoxy) is 2. The van der Waals surface area contributed by atoms with Crippen LogP contribution in [0.3, 0.4) is 0 Å². The van der Waals surface area contributed by atoms with Gasteiger partial charge in [-0.3, -0.25) is 0 Å². The van der Waals surface area contributed by atoms with E-state index in [1.165, 1.54) is 27.6 Å². The summed E-state index contributed by atoms with van der Waals surface area (Å²) >= 11 is 0. The Bertz CT molecular complexity index is 677. The summed E-state index contributed by atoms with van der Waals surface area (Å²) < 4.78 is 11.6. The van der Waals surface area contributed by atoms with E-state index in [4.69, 9.17) is 9.47 Å².